The van der Waals surface area contributed by atoms with Crippen LogP contribution in [-0.2, 0) is 11.2 Å². The molecule has 1 unspecified atom stereocenters. The largest absolute Gasteiger partial charge is 0.333 e. The molecule has 1 saturated heterocycles. The van der Waals surface area contributed by atoms with Gasteiger partial charge in [0, 0.05) is 19.4 Å². The van der Waals surface area contributed by atoms with E-state index >= 15 is 0 Å². The Hall–Kier alpha value is -1.39. The van der Waals surface area contributed by atoms with Gasteiger partial charge in [-0.3, -0.25) is 9.89 Å². The third kappa shape index (κ3) is 2.89. The lowest BCUT2D eigenvalue weighted by molar-refractivity contribution is -0.129. The number of carbonyl (C=O) groups excluding carboxylic acids is 1. The molecular formula is C13H22N4O. The van der Waals surface area contributed by atoms with Gasteiger partial charge in [-0.2, -0.15) is 5.10 Å². The van der Waals surface area contributed by atoms with Crippen LogP contribution >= 0.6 is 0 Å². The minimum Gasteiger partial charge on any atom is -0.333 e. The number of H-pyrrole nitrogens is 1. The monoisotopic (exact) mass is 250 g/mol. The van der Waals surface area contributed by atoms with Crippen molar-refractivity contribution in [2.24, 2.45) is 0 Å². The highest BCUT2D eigenvalue weighted by atomic mass is 16.2. The minimum absolute atomic E-state index is 0.00354. The van der Waals surface area contributed by atoms with Crippen LogP contribution in [-0.4, -0.2) is 32.5 Å². The average Bonchev–Trinajstić information content (AvgIpc) is 2.98. The van der Waals surface area contributed by atoms with E-state index in [0.717, 1.165) is 37.5 Å². The number of carbonyl (C=O) groups is 1. The van der Waals surface area contributed by atoms with Gasteiger partial charge in [-0.05, 0) is 19.8 Å². The quantitative estimate of drug-likeness (QED) is 0.787. The molecule has 0 aromatic carbocycles. The van der Waals surface area contributed by atoms with Gasteiger partial charge < -0.3 is 4.90 Å². The SMILES string of the molecule is CCCCCc1nc(C(C)N2CCCC2=O)n[nH]1. The Morgan fingerprint density at radius 2 is 2.28 bits per heavy atom. The normalized spacial score (nSPS) is 17.4. The van der Waals surface area contributed by atoms with Gasteiger partial charge in [0.15, 0.2) is 5.82 Å². The number of nitrogens with one attached hydrogen (secondary N) is 1. The topological polar surface area (TPSA) is 61.9 Å². The molecule has 5 nitrogen and oxygen atoms in total. The average molecular weight is 250 g/mol. The summed E-state index contributed by atoms with van der Waals surface area (Å²) in [5.41, 5.74) is 0. The lowest BCUT2D eigenvalue weighted by Gasteiger charge is -2.21. The van der Waals surface area contributed by atoms with E-state index in [-0.39, 0.29) is 11.9 Å². The summed E-state index contributed by atoms with van der Waals surface area (Å²) in [7, 11) is 0. The number of unbranched alkanes of at least 4 members (excludes halogenated alkanes) is 2. The molecule has 1 aromatic heterocycles. The maximum atomic E-state index is 11.7. The molecule has 1 atom stereocenters. The van der Waals surface area contributed by atoms with E-state index in [4.69, 9.17) is 0 Å². The van der Waals surface area contributed by atoms with E-state index in [2.05, 4.69) is 22.1 Å². The minimum atomic E-state index is -0.00354. The molecular weight excluding hydrogens is 228 g/mol. The molecule has 1 aliphatic heterocycles. The van der Waals surface area contributed by atoms with Crippen LogP contribution in [0, 0.1) is 0 Å². The molecule has 0 aliphatic carbocycles. The van der Waals surface area contributed by atoms with Crippen LogP contribution in [0.25, 0.3) is 0 Å². The number of nitrogens with zero attached hydrogens (tertiary/aromatic N) is 3. The first-order valence-corrected chi connectivity index (χ1v) is 6.93. The Balaban J connectivity index is 1.94. The molecule has 5 heteroatoms. The Morgan fingerprint density at radius 1 is 1.44 bits per heavy atom. The molecule has 1 N–H and O–H groups in total. The summed E-state index contributed by atoms with van der Waals surface area (Å²) < 4.78 is 0. The van der Waals surface area contributed by atoms with Crippen LogP contribution < -0.4 is 0 Å². The number of likely N-dealkylation sites (tertiary alicyclic amines) is 1. The van der Waals surface area contributed by atoms with Crippen molar-refractivity contribution in [3.8, 4) is 0 Å². The Kier molecular flexibility index (Phi) is 4.33. The summed E-state index contributed by atoms with van der Waals surface area (Å²) >= 11 is 0. The number of aromatic nitrogens is 3. The molecule has 2 rings (SSSR count). The van der Waals surface area contributed by atoms with Crippen LogP contribution in [0.1, 0.15) is 63.6 Å². The molecule has 0 bridgehead atoms. The third-order valence-corrected chi connectivity index (χ3v) is 3.52. The van der Waals surface area contributed by atoms with E-state index in [1.165, 1.54) is 12.8 Å². The number of amides is 1. The van der Waals surface area contributed by atoms with Crippen LogP contribution in [0.15, 0.2) is 0 Å². The molecule has 100 valence electrons. The van der Waals surface area contributed by atoms with E-state index in [0.29, 0.717) is 6.42 Å². The van der Waals surface area contributed by atoms with Crippen LogP contribution in [0.3, 0.4) is 0 Å². The van der Waals surface area contributed by atoms with E-state index in [1.54, 1.807) is 0 Å². The second-order valence-electron chi connectivity index (χ2n) is 4.96. The van der Waals surface area contributed by atoms with E-state index in [9.17, 15) is 4.79 Å². The van der Waals surface area contributed by atoms with Gasteiger partial charge in [0.05, 0.1) is 6.04 Å². The molecule has 1 fully saturated rings. The Labute approximate surface area is 108 Å². The number of hydrogen-bond donors (Lipinski definition) is 1. The highest BCUT2D eigenvalue weighted by Crippen LogP contribution is 2.23. The molecule has 1 aliphatic rings. The fourth-order valence-electron chi connectivity index (χ4n) is 2.37. The van der Waals surface area contributed by atoms with Gasteiger partial charge in [-0.1, -0.05) is 19.8 Å². The fourth-order valence-corrected chi connectivity index (χ4v) is 2.37. The predicted octanol–water partition coefficient (Wildman–Crippen LogP) is 2.22. The zero-order valence-electron chi connectivity index (χ0n) is 11.3. The lowest BCUT2D eigenvalue weighted by atomic mass is 10.2. The smallest absolute Gasteiger partial charge is 0.223 e. The zero-order chi connectivity index (χ0) is 13.0. The van der Waals surface area contributed by atoms with Crippen molar-refractivity contribution in [1.82, 2.24) is 20.1 Å². The van der Waals surface area contributed by atoms with Gasteiger partial charge in [0.2, 0.25) is 5.91 Å². The van der Waals surface area contributed by atoms with Crippen molar-refractivity contribution in [3.05, 3.63) is 11.6 Å². The Morgan fingerprint density at radius 3 is 2.94 bits per heavy atom. The van der Waals surface area contributed by atoms with Gasteiger partial charge in [-0.15, -0.1) is 0 Å². The molecule has 0 spiro atoms. The van der Waals surface area contributed by atoms with Crippen molar-refractivity contribution in [2.75, 3.05) is 6.54 Å². The molecule has 0 radical (unpaired) electrons. The third-order valence-electron chi connectivity index (χ3n) is 3.52. The predicted molar refractivity (Wildman–Crippen MR) is 69.0 cm³/mol. The first-order chi connectivity index (χ1) is 8.72. The van der Waals surface area contributed by atoms with Crippen LogP contribution in [0.4, 0.5) is 0 Å². The second-order valence-corrected chi connectivity index (χ2v) is 4.96. The van der Waals surface area contributed by atoms with Crippen molar-refractivity contribution in [2.45, 2.75) is 58.4 Å². The van der Waals surface area contributed by atoms with Crippen molar-refractivity contribution in [3.63, 3.8) is 0 Å². The second kappa shape index (κ2) is 5.98. The molecule has 1 aromatic rings. The highest BCUT2D eigenvalue weighted by molar-refractivity contribution is 5.78. The number of aromatic amines is 1. The molecule has 18 heavy (non-hydrogen) atoms. The summed E-state index contributed by atoms with van der Waals surface area (Å²) in [5, 5.41) is 7.23. The van der Waals surface area contributed by atoms with E-state index in [1.807, 2.05) is 11.8 Å². The van der Waals surface area contributed by atoms with Gasteiger partial charge in [-0.25, -0.2) is 4.98 Å². The van der Waals surface area contributed by atoms with Gasteiger partial charge >= 0.3 is 0 Å². The van der Waals surface area contributed by atoms with Crippen LogP contribution in [0.2, 0.25) is 0 Å². The summed E-state index contributed by atoms with van der Waals surface area (Å²) in [6.45, 7) is 5.02. The summed E-state index contributed by atoms with van der Waals surface area (Å²) in [5.74, 6) is 1.91. The van der Waals surface area contributed by atoms with Crippen molar-refractivity contribution < 1.29 is 4.79 Å². The lowest BCUT2D eigenvalue weighted by Crippen LogP contribution is -2.28. The maximum absolute atomic E-state index is 11.7. The number of aryl methyl sites for hydroxylation is 1. The summed E-state index contributed by atoms with van der Waals surface area (Å²) in [4.78, 5) is 18.0. The van der Waals surface area contributed by atoms with Gasteiger partial charge in [0.1, 0.15) is 5.82 Å². The number of rotatable bonds is 6. The maximum Gasteiger partial charge on any atom is 0.223 e. The fraction of sp³-hybridized carbons (Fsp3) is 0.769. The number of hydrogen-bond acceptors (Lipinski definition) is 3. The van der Waals surface area contributed by atoms with Gasteiger partial charge in [0.25, 0.3) is 0 Å². The molecule has 0 saturated carbocycles. The summed E-state index contributed by atoms with van der Waals surface area (Å²) in [6.07, 6.45) is 6.13. The first-order valence-electron chi connectivity index (χ1n) is 6.93. The summed E-state index contributed by atoms with van der Waals surface area (Å²) in [6, 6.07) is -0.00354. The van der Waals surface area contributed by atoms with E-state index < -0.39 is 0 Å². The highest BCUT2D eigenvalue weighted by Gasteiger charge is 2.28. The van der Waals surface area contributed by atoms with Crippen molar-refractivity contribution >= 4 is 5.91 Å². The Bertz CT molecular complexity index is 401. The first kappa shape index (κ1) is 13.1. The standard InChI is InChI=1S/C13H22N4O/c1-3-4-5-7-11-14-13(16-15-11)10(2)17-9-6-8-12(17)18/h10H,3-9H2,1-2H3,(H,14,15,16). The molecule has 2 heterocycles. The zero-order valence-corrected chi connectivity index (χ0v) is 11.3. The molecule has 1 amide bonds. The van der Waals surface area contributed by atoms with Crippen LogP contribution in [0.5, 0.6) is 0 Å². The van der Waals surface area contributed by atoms with Crippen molar-refractivity contribution in [1.29, 1.82) is 0 Å².